The average molecular weight is 354 g/mol. The number of Topliss-reactive ketones (excluding diaryl/α,β-unsaturated/α-hetero) is 1. The van der Waals surface area contributed by atoms with E-state index in [0.717, 1.165) is 6.07 Å². The molecule has 2 aromatic rings. The molecule has 0 amide bonds. The molecule has 2 aliphatic rings. The fraction of sp³-hybridized carbons (Fsp3) is 0.250. The number of hydrogen-bond acceptors (Lipinski definition) is 6. The maximum atomic E-state index is 12.5. The minimum atomic E-state index is -0.659. The van der Waals surface area contributed by atoms with Gasteiger partial charge in [-0.3, -0.25) is 4.79 Å². The van der Waals surface area contributed by atoms with Gasteiger partial charge in [0.25, 0.3) is 0 Å². The van der Waals surface area contributed by atoms with Crippen LogP contribution in [0.5, 0.6) is 28.7 Å². The Balaban J connectivity index is 1.81. The van der Waals surface area contributed by atoms with Crippen LogP contribution in [-0.2, 0) is 0 Å². The third-order valence-electron chi connectivity index (χ3n) is 4.55. The van der Waals surface area contributed by atoms with Crippen molar-refractivity contribution in [1.29, 1.82) is 0 Å². The lowest BCUT2D eigenvalue weighted by Crippen LogP contribution is -2.29. The molecule has 0 fully saturated rings. The number of fused-ring (bicyclic) bond motifs is 2. The van der Waals surface area contributed by atoms with E-state index in [1.165, 1.54) is 12.1 Å². The maximum Gasteiger partial charge on any atom is 0.174 e. The molecule has 3 N–H and O–H groups in total. The molecule has 2 aromatic carbocycles. The minimum Gasteiger partial charge on any atom is -0.508 e. The molecular formula is C20H18O6. The monoisotopic (exact) mass is 354 g/mol. The summed E-state index contributed by atoms with van der Waals surface area (Å²) in [7, 11) is 0. The summed E-state index contributed by atoms with van der Waals surface area (Å²) in [5.41, 5.74) is 0.648. The van der Waals surface area contributed by atoms with Crippen LogP contribution in [0.25, 0.3) is 6.08 Å². The number of hydrogen-bond donors (Lipinski definition) is 3. The molecular weight excluding hydrogens is 336 g/mol. The first-order chi connectivity index (χ1) is 12.2. The van der Waals surface area contributed by atoms with Gasteiger partial charge in [0, 0.05) is 17.7 Å². The molecule has 6 nitrogen and oxygen atoms in total. The van der Waals surface area contributed by atoms with Crippen molar-refractivity contribution < 1.29 is 29.6 Å². The second-order valence-corrected chi connectivity index (χ2v) is 7.03. The van der Waals surface area contributed by atoms with Gasteiger partial charge in [-0.05, 0) is 38.1 Å². The Bertz CT molecular complexity index is 957. The van der Waals surface area contributed by atoms with E-state index >= 15 is 0 Å². The smallest absolute Gasteiger partial charge is 0.174 e. The molecule has 0 saturated heterocycles. The van der Waals surface area contributed by atoms with Crippen LogP contribution in [0.1, 0.15) is 47.9 Å². The number of carbonyl (C=O) groups excluding carboxylic acids is 1. The van der Waals surface area contributed by atoms with Crippen molar-refractivity contribution in [3.05, 3.63) is 47.0 Å². The van der Waals surface area contributed by atoms with Gasteiger partial charge in [0.15, 0.2) is 5.78 Å². The number of benzene rings is 2. The average Bonchev–Trinajstić information content (AvgIpc) is 2.52. The number of ketones is 1. The first kappa shape index (κ1) is 16.3. The molecule has 2 aliphatic heterocycles. The number of phenolic OH excluding ortho intramolecular Hbond substituents is 3. The van der Waals surface area contributed by atoms with Crippen LogP contribution < -0.4 is 9.47 Å². The normalized spacial score (nSPS) is 19.9. The summed E-state index contributed by atoms with van der Waals surface area (Å²) in [6, 6.07) is 5.61. The molecule has 0 saturated carbocycles. The highest BCUT2D eigenvalue weighted by Crippen LogP contribution is 2.47. The van der Waals surface area contributed by atoms with Crippen LogP contribution in [-0.4, -0.2) is 26.7 Å². The van der Waals surface area contributed by atoms with Gasteiger partial charge in [0.1, 0.15) is 46.0 Å². The Morgan fingerprint density at radius 1 is 1.12 bits per heavy atom. The summed E-state index contributed by atoms with van der Waals surface area (Å²) in [6.07, 6.45) is 2.98. The molecule has 1 atom stereocenters. The van der Waals surface area contributed by atoms with Crippen LogP contribution in [0.2, 0.25) is 0 Å². The Kier molecular flexibility index (Phi) is 3.41. The van der Waals surface area contributed by atoms with E-state index in [1.54, 1.807) is 12.1 Å². The van der Waals surface area contributed by atoms with Crippen LogP contribution in [0.4, 0.5) is 0 Å². The summed E-state index contributed by atoms with van der Waals surface area (Å²) < 4.78 is 11.9. The van der Waals surface area contributed by atoms with Gasteiger partial charge in [-0.25, -0.2) is 0 Å². The predicted octanol–water partition coefficient (Wildman–Crippen LogP) is 3.69. The quantitative estimate of drug-likeness (QED) is 0.723. The molecule has 0 bridgehead atoms. The zero-order chi connectivity index (χ0) is 18.6. The SMILES string of the molecule is CC1(C)C=Cc2c(O)ccc(C3CC(=O)c4c(O)cc(O)cc4O3)c2O1. The van der Waals surface area contributed by atoms with E-state index in [2.05, 4.69) is 0 Å². The molecule has 0 aromatic heterocycles. The first-order valence-corrected chi connectivity index (χ1v) is 8.25. The number of ether oxygens (including phenoxy) is 2. The summed E-state index contributed by atoms with van der Waals surface area (Å²) in [5, 5.41) is 29.8. The van der Waals surface area contributed by atoms with Crippen molar-refractivity contribution in [3.8, 4) is 28.7 Å². The van der Waals surface area contributed by atoms with E-state index in [-0.39, 0.29) is 40.8 Å². The maximum absolute atomic E-state index is 12.5. The fourth-order valence-electron chi connectivity index (χ4n) is 3.31. The van der Waals surface area contributed by atoms with Crippen LogP contribution >= 0.6 is 0 Å². The third kappa shape index (κ3) is 2.54. The molecule has 6 heteroatoms. The Hall–Kier alpha value is -3.15. The highest BCUT2D eigenvalue weighted by molar-refractivity contribution is 6.02. The highest BCUT2D eigenvalue weighted by Gasteiger charge is 2.35. The van der Waals surface area contributed by atoms with Gasteiger partial charge in [0.05, 0.1) is 12.0 Å². The van der Waals surface area contributed by atoms with Gasteiger partial charge in [-0.2, -0.15) is 0 Å². The lowest BCUT2D eigenvalue weighted by Gasteiger charge is -2.33. The molecule has 0 aliphatic carbocycles. The molecule has 4 rings (SSSR count). The Morgan fingerprint density at radius 3 is 2.65 bits per heavy atom. The number of phenols is 3. The van der Waals surface area contributed by atoms with Crippen molar-refractivity contribution in [2.45, 2.75) is 32.0 Å². The van der Waals surface area contributed by atoms with Crippen molar-refractivity contribution >= 4 is 11.9 Å². The molecule has 0 spiro atoms. The Labute approximate surface area is 149 Å². The number of carbonyl (C=O) groups is 1. The highest BCUT2D eigenvalue weighted by atomic mass is 16.5. The second kappa shape index (κ2) is 5.42. The van der Waals surface area contributed by atoms with E-state index in [9.17, 15) is 20.1 Å². The Morgan fingerprint density at radius 2 is 1.88 bits per heavy atom. The topological polar surface area (TPSA) is 96.2 Å². The lowest BCUT2D eigenvalue weighted by molar-refractivity contribution is 0.0832. The number of aromatic hydroxyl groups is 3. The van der Waals surface area contributed by atoms with Crippen molar-refractivity contribution in [3.63, 3.8) is 0 Å². The zero-order valence-corrected chi connectivity index (χ0v) is 14.3. The van der Waals surface area contributed by atoms with Crippen molar-refractivity contribution in [2.75, 3.05) is 0 Å². The lowest BCUT2D eigenvalue weighted by atomic mass is 9.92. The van der Waals surface area contributed by atoms with E-state index in [1.807, 2.05) is 19.9 Å². The van der Waals surface area contributed by atoms with Gasteiger partial charge < -0.3 is 24.8 Å². The number of rotatable bonds is 1. The van der Waals surface area contributed by atoms with Gasteiger partial charge in [-0.15, -0.1) is 0 Å². The summed E-state index contributed by atoms with van der Waals surface area (Å²) in [5.74, 6) is -0.131. The predicted molar refractivity (Wildman–Crippen MR) is 93.9 cm³/mol. The third-order valence-corrected chi connectivity index (χ3v) is 4.55. The van der Waals surface area contributed by atoms with Crippen molar-refractivity contribution in [2.24, 2.45) is 0 Å². The van der Waals surface area contributed by atoms with E-state index < -0.39 is 11.7 Å². The van der Waals surface area contributed by atoms with E-state index in [4.69, 9.17) is 9.47 Å². The van der Waals surface area contributed by atoms with Gasteiger partial charge in [-0.1, -0.05) is 0 Å². The summed E-state index contributed by atoms with van der Waals surface area (Å²) in [6.45, 7) is 3.77. The molecule has 26 heavy (non-hydrogen) atoms. The summed E-state index contributed by atoms with van der Waals surface area (Å²) in [4.78, 5) is 12.5. The first-order valence-electron chi connectivity index (χ1n) is 8.25. The second-order valence-electron chi connectivity index (χ2n) is 7.03. The van der Waals surface area contributed by atoms with Crippen LogP contribution in [0.3, 0.4) is 0 Å². The fourth-order valence-corrected chi connectivity index (χ4v) is 3.31. The standard InChI is InChI=1S/C20H18O6/c1-20(2)6-5-11-13(22)4-3-12(19(11)26-20)16-9-15(24)18-14(23)7-10(21)8-17(18)25-16/h3-8,16,21-23H,9H2,1-2H3. The molecule has 0 radical (unpaired) electrons. The molecule has 134 valence electrons. The van der Waals surface area contributed by atoms with Crippen LogP contribution in [0.15, 0.2) is 30.3 Å². The van der Waals surface area contributed by atoms with Crippen molar-refractivity contribution in [1.82, 2.24) is 0 Å². The molecule has 2 heterocycles. The van der Waals surface area contributed by atoms with Crippen LogP contribution in [0, 0.1) is 0 Å². The summed E-state index contributed by atoms with van der Waals surface area (Å²) >= 11 is 0. The zero-order valence-electron chi connectivity index (χ0n) is 14.3. The molecule has 1 unspecified atom stereocenters. The largest absolute Gasteiger partial charge is 0.508 e. The van der Waals surface area contributed by atoms with Gasteiger partial charge in [0.2, 0.25) is 0 Å². The van der Waals surface area contributed by atoms with E-state index in [0.29, 0.717) is 16.9 Å². The minimum absolute atomic E-state index is 0.00997. The van der Waals surface area contributed by atoms with Gasteiger partial charge >= 0.3 is 0 Å².